The van der Waals surface area contributed by atoms with E-state index >= 15 is 0 Å². The molecule has 0 saturated carbocycles. The monoisotopic (exact) mass is 313 g/mol. The average Bonchev–Trinajstić information content (AvgIpc) is 2.88. The maximum Gasteiger partial charge on any atom is 0.321 e. The van der Waals surface area contributed by atoms with Crippen LogP contribution in [0.3, 0.4) is 0 Å². The third-order valence-corrected chi connectivity index (χ3v) is 4.50. The summed E-state index contributed by atoms with van der Waals surface area (Å²) in [4.78, 5) is 27.5. The number of urea groups is 1. The number of anilines is 1. The molecule has 6 nitrogen and oxygen atoms in total. The van der Waals surface area contributed by atoms with Gasteiger partial charge < -0.3 is 10.4 Å². The maximum absolute atomic E-state index is 11.8. The summed E-state index contributed by atoms with van der Waals surface area (Å²) in [5.41, 5.74) is 0.0147. The summed E-state index contributed by atoms with van der Waals surface area (Å²) >= 11 is 1.36. The van der Waals surface area contributed by atoms with E-state index in [1.165, 1.54) is 11.3 Å². The van der Waals surface area contributed by atoms with Gasteiger partial charge in [-0.15, -0.1) is 11.3 Å². The fourth-order valence-electron chi connectivity index (χ4n) is 1.88. The first-order valence-electron chi connectivity index (χ1n) is 7.08. The van der Waals surface area contributed by atoms with Crippen molar-refractivity contribution in [2.75, 3.05) is 11.9 Å². The Labute approximate surface area is 129 Å². The summed E-state index contributed by atoms with van der Waals surface area (Å²) < 4.78 is 0. The van der Waals surface area contributed by atoms with E-state index in [2.05, 4.69) is 15.6 Å². The van der Waals surface area contributed by atoms with Crippen molar-refractivity contribution in [3.05, 3.63) is 11.1 Å². The number of hydrogen-bond acceptors (Lipinski definition) is 4. The van der Waals surface area contributed by atoms with Crippen LogP contribution in [0.25, 0.3) is 0 Å². The van der Waals surface area contributed by atoms with Gasteiger partial charge in [0, 0.05) is 11.9 Å². The second-order valence-corrected chi connectivity index (χ2v) is 6.19. The second-order valence-electron chi connectivity index (χ2n) is 5.33. The van der Waals surface area contributed by atoms with Crippen LogP contribution in [0.4, 0.5) is 9.93 Å². The lowest BCUT2D eigenvalue weighted by atomic mass is 9.82. The number of aliphatic carboxylic acids is 1. The summed E-state index contributed by atoms with van der Waals surface area (Å²) in [7, 11) is 0. The fraction of sp³-hybridized carbons (Fsp3) is 0.643. The van der Waals surface area contributed by atoms with Gasteiger partial charge in [-0.25, -0.2) is 9.78 Å². The van der Waals surface area contributed by atoms with Crippen LogP contribution < -0.4 is 10.6 Å². The maximum atomic E-state index is 11.8. The Morgan fingerprint density at radius 2 is 2.00 bits per heavy atom. The Bertz CT molecular complexity index is 495. The van der Waals surface area contributed by atoms with E-state index in [0.29, 0.717) is 23.9 Å². The largest absolute Gasteiger partial charge is 0.481 e. The van der Waals surface area contributed by atoms with Crippen LogP contribution in [0.15, 0.2) is 5.38 Å². The molecule has 0 spiro atoms. The number of aromatic nitrogens is 1. The minimum Gasteiger partial charge on any atom is -0.481 e. The minimum absolute atomic E-state index is 0.101. The summed E-state index contributed by atoms with van der Waals surface area (Å²) in [6, 6.07) is -0.424. The van der Waals surface area contributed by atoms with Crippen molar-refractivity contribution in [3.8, 4) is 0 Å². The van der Waals surface area contributed by atoms with Gasteiger partial charge in [-0.1, -0.05) is 27.7 Å². The molecular formula is C14H23N3O3S. The smallest absolute Gasteiger partial charge is 0.321 e. The predicted molar refractivity (Wildman–Crippen MR) is 83.9 cm³/mol. The van der Waals surface area contributed by atoms with E-state index in [9.17, 15) is 14.7 Å². The van der Waals surface area contributed by atoms with Crippen LogP contribution in [-0.4, -0.2) is 28.6 Å². The molecule has 0 unspecified atom stereocenters. The molecule has 3 N–H and O–H groups in total. The number of hydrogen-bond donors (Lipinski definition) is 3. The van der Waals surface area contributed by atoms with E-state index < -0.39 is 17.4 Å². The van der Waals surface area contributed by atoms with Gasteiger partial charge in [-0.05, 0) is 18.8 Å². The lowest BCUT2D eigenvalue weighted by molar-refractivity contribution is -0.149. The van der Waals surface area contributed by atoms with Gasteiger partial charge in [0.25, 0.3) is 0 Å². The highest BCUT2D eigenvalue weighted by molar-refractivity contribution is 7.13. The molecule has 21 heavy (non-hydrogen) atoms. The zero-order chi connectivity index (χ0) is 16.0. The normalized spacial score (nSPS) is 11.5. The molecule has 7 heteroatoms. The predicted octanol–water partition coefficient (Wildman–Crippen LogP) is 3.28. The Hall–Kier alpha value is -1.63. The van der Waals surface area contributed by atoms with Gasteiger partial charge in [-0.2, -0.15) is 0 Å². The quantitative estimate of drug-likeness (QED) is 0.720. The average molecular weight is 313 g/mol. The van der Waals surface area contributed by atoms with Gasteiger partial charge in [0.1, 0.15) is 0 Å². The lowest BCUT2D eigenvalue weighted by Crippen LogP contribution is -2.43. The molecule has 2 amide bonds. The number of carboxylic acids is 1. The highest BCUT2D eigenvalue weighted by Crippen LogP contribution is 2.26. The SMILES string of the molecule is CCC(CC)(CNC(=O)Nc1nc(C(C)C)cs1)C(=O)O. The standard InChI is InChI=1S/C14H23N3O3S/c1-5-14(6-2,11(18)19)8-15-12(20)17-13-16-10(7-21-13)9(3)4/h7,9H,5-6,8H2,1-4H3,(H,18,19)(H2,15,16,17,20). The molecule has 1 rings (SSSR count). The molecule has 1 aromatic heterocycles. The van der Waals surface area contributed by atoms with Gasteiger partial charge in [0.2, 0.25) is 0 Å². The summed E-state index contributed by atoms with van der Waals surface area (Å²) in [5.74, 6) is -0.580. The van der Waals surface area contributed by atoms with Crippen molar-refractivity contribution in [1.82, 2.24) is 10.3 Å². The molecule has 0 atom stereocenters. The van der Waals surface area contributed by atoms with E-state index in [-0.39, 0.29) is 6.54 Å². The molecule has 0 radical (unpaired) electrons. The number of rotatable bonds is 7. The summed E-state index contributed by atoms with van der Waals surface area (Å²) in [5, 5.41) is 17.0. The number of nitrogens with zero attached hydrogens (tertiary/aromatic N) is 1. The molecule has 0 aliphatic heterocycles. The van der Waals surface area contributed by atoms with Crippen LogP contribution >= 0.6 is 11.3 Å². The topological polar surface area (TPSA) is 91.3 Å². The van der Waals surface area contributed by atoms with Crippen LogP contribution in [0.5, 0.6) is 0 Å². The van der Waals surface area contributed by atoms with Crippen LogP contribution in [0.1, 0.15) is 52.1 Å². The number of carbonyl (C=O) groups is 2. The van der Waals surface area contributed by atoms with Crippen LogP contribution in [0.2, 0.25) is 0 Å². The fourth-order valence-corrected chi connectivity index (χ4v) is 2.74. The second kappa shape index (κ2) is 7.40. The van der Waals surface area contributed by atoms with E-state index in [1.807, 2.05) is 33.1 Å². The Morgan fingerprint density at radius 3 is 2.43 bits per heavy atom. The molecule has 1 aromatic rings. The molecule has 118 valence electrons. The number of amides is 2. The van der Waals surface area contributed by atoms with Crippen molar-refractivity contribution < 1.29 is 14.7 Å². The Balaban J connectivity index is 2.58. The lowest BCUT2D eigenvalue weighted by Gasteiger charge is -2.26. The third-order valence-electron chi connectivity index (χ3n) is 3.73. The van der Waals surface area contributed by atoms with Gasteiger partial charge in [0.05, 0.1) is 11.1 Å². The van der Waals surface area contributed by atoms with E-state index in [1.54, 1.807) is 0 Å². The first kappa shape index (κ1) is 17.4. The molecule has 0 bridgehead atoms. The highest BCUT2D eigenvalue weighted by Gasteiger charge is 2.35. The molecular weight excluding hydrogens is 290 g/mol. The number of nitrogens with one attached hydrogen (secondary N) is 2. The van der Waals surface area contributed by atoms with Crippen molar-refractivity contribution in [2.45, 2.75) is 46.5 Å². The molecule has 0 aliphatic carbocycles. The highest BCUT2D eigenvalue weighted by atomic mass is 32.1. The van der Waals surface area contributed by atoms with Crippen LogP contribution in [0, 0.1) is 5.41 Å². The zero-order valence-corrected chi connectivity index (χ0v) is 13.7. The molecule has 0 aromatic carbocycles. The molecule has 0 saturated heterocycles. The summed E-state index contributed by atoms with van der Waals surface area (Å²) in [6.45, 7) is 7.79. The Kier molecular flexibility index (Phi) is 6.14. The van der Waals surface area contributed by atoms with Gasteiger partial charge in [-0.3, -0.25) is 10.1 Å². The van der Waals surface area contributed by atoms with Crippen molar-refractivity contribution in [2.24, 2.45) is 5.41 Å². The first-order valence-corrected chi connectivity index (χ1v) is 7.96. The van der Waals surface area contributed by atoms with E-state index in [4.69, 9.17) is 0 Å². The molecule has 1 heterocycles. The van der Waals surface area contributed by atoms with Crippen molar-refractivity contribution in [1.29, 1.82) is 0 Å². The molecule has 0 fully saturated rings. The van der Waals surface area contributed by atoms with E-state index in [0.717, 1.165) is 5.69 Å². The Morgan fingerprint density at radius 1 is 1.38 bits per heavy atom. The van der Waals surface area contributed by atoms with Crippen molar-refractivity contribution in [3.63, 3.8) is 0 Å². The van der Waals surface area contributed by atoms with Gasteiger partial charge >= 0.3 is 12.0 Å². The first-order chi connectivity index (χ1) is 9.84. The number of thiazole rings is 1. The number of carbonyl (C=O) groups excluding carboxylic acids is 1. The minimum atomic E-state index is -0.913. The molecule has 0 aliphatic rings. The van der Waals surface area contributed by atoms with Gasteiger partial charge in [0.15, 0.2) is 5.13 Å². The third kappa shape index (κ3) is 4.42. The summed E-state index contributed by atoms with van der Waals surface area (Å²) in [6.07, 6.45) is 0.932. The van der Waals surface area contributed by atoms with Crippen LogP contribution in [-0.2, 0) is 4.79 Å². The number of carboxylic acid groups (broad SMARTS) is 1. The van der Waals surface area contributed by atoms with Crippen molar-refractivity contribution >= 4 is 28.5 Å². The zero-order valence-electron chi connectivity index (χ0n) is 12.9.